The Labute approximate surface area is 130 Å². The second-order valence-electron chi connectivity index (χ2n) is 5.64. The molecule has 1 aliphatic carbocycles. The lowest BCUT2D eigenvalue weighted by molar-refractivity contribution is 0.0870. The van der Waals surface area contributed by atoms with Gasteiger partial charge in [0.15, 0.2) is 0 Å². The van der Waals surface area contributed by atoms with E-state index in [4.69, 9.17) is 0 Å². The average molecular weight is 309 g/mol. The summed E-state index contributed by atoms with van der Waals surface area (Å²) in [6, 6.07) is 0. The standard InChI is InChI=1S/C15H23N3O2S/c1-9-13(15(21-3)18-10(2)17-9)14(20)16-8-11-5-4-6-12(19)7-11/h11-12,19H,4-8H2,1-3H3,(H,16,20). The Bertz CT molecular complexity index is 522. The van der Waals surface area contributed by atoms with E-state index in [1.54, 1.807) is 0 Å². The Morgan fingerprint density at radius 2 is 2.14 bits per heavy atom. The molecule has 1 aromatic rings. The second-order valence-corrected chi connectivity index (χ2v) is 6.43. The summed E-state index contributed by atoms with van der Waals surface area (Å²) in [5.74, 6) is 0.933. The topological polar surface area (TPSA) is 75.1 Å². The third-order valence-corrected chi connectivity index (χ3v) is 4.58. The number of hydrogen-bond donors (Lipinski definition) is 2. The minimum atomic E-state index is -0.216. The molecule has 0 bridgehead atoms. The quantitative estimate of drug-likeness (QED) is 0.658. The van der Waals surface area contributed by atoms with E-state index in [0.717, 1.165) is 30.7 Å². The van der Waals surface area contributed by atoms with Crippen LogP contribution in [-0.4, -0.2) is 39.9 Å². The average Bonchev–Trinajstić information content (AvgIpc) is 2.44. The van der Waals surface area contributed by atoms with E-state index in [2.05, 4.69) is 15.3 Å². The van der Waals surface area contributed by atoms with Crippen LogP contribution >= 0.6 is 11.8 Å². The molecule has 5 nitrogen and oxygen atoms in total. The summed E-state index contributed by atoms with van der Waals surface area (Å²) >= 11 is 1.46. The van der Waals surface area contributed by atoms with Crippen LogP contribution in [-0.2, 0) is 0 Å². The Kier molecular flexibility index (Phi) is 5.58. The Hall–Kier alpha value is -1.14. The summed E-state index contributed by atoms with van der Waals surface area (Å²) in [5.41, 5.74) is 1.29. The van der Waals surface area contributed by atoms with Crippen LogP contribution in [0.2, 0.25) is 0 Å². The zero-order chi connectivity index (χ0) is 15.4. The highest BCUT2D eigenvalue weighted by Gasteiger charge is 2.22. The van der Waals surface area contributed by atoms with Crippen LogP contribution in [0.25, 0.3) is 0 Å². The van der Waals surface area contributed by atoms with Gasteiger partial charge in [0.25, 0.3) is 5.91 Å². The van der Waals surface area contributed by atoms with Crippen molar-refractivity contribution in [2.75, 3.05) is 12.8 Å². The lowest BCUT2D eigenvalue weighted by Crippen LogP contribution is -2.33. The normalized spacial score (nSPS) is 22.1. The maximum absolute atomic E-state index is 12.4. The lowest BCUT2D eigenvalue weighted by Gasteiger charge is -2.26. The number of nitrogens with one attached hydrogen (secondary N) is 1. The minimum absolute atomic E-state index is 0.114. The molecular formula is C15H23N3O2S. The summed E-state index contributed by atoms with van der Waals surface area (Å²) < 4.78 is 0. The van der Waals surface area contributed by atoms with E-state index in [-0.39, 0.29) is 12.0 Å². The van der Waals surface area contributed by atoms with Crippen LogP contribution in [0.3, 0.4) is 0 Å². The van der Waals surface area contributed by atoms with Crippen molar-refractivity contribution in [1.82, 2.24) is 15.3 Å². The zero-order valence-electron chi connectivity index (χ0n) is 12.8. The van der Waals surface area contributed by atoms with Crippen molar-refractivity contribution in [3.63, 3.8) is 0 Å². The first-order valence-corrected chi connectivity index (χ1v) is 8.59. The molecule has 6 heteroatoms. The third-order valence-electron chi connectivity index (χ3n) is 3.90. The molecule has 0 spiro atoms. The van der Waals surface area contributed by atoms with Gasteiger partial charge in [-0.25, -0.2) is 9.97 Å². The number of aliphatic hydroxyl groups is 1. The molecule has 2 unspecified atom stereocenters. The number of aromatic nitrogens is 2. The van der Waals surface area contributed by atoms with Crippen LogP contribution in [0.5, 0.6) is 0 Å². The molecular weight excluding hydrogens is 286 g/mol. The summed E-state index contributed by atoms with van der Waals surface area (Å²) in [7, 11) is 0. The van der Waals surface area contributed by atoms with Crippen LogP contribution in [0.4, 0.5) is 0 Å². The van der Waals surface area contributed by atoms with Gasteiger partial charge in [0.1, 0.15) is 10.9 Å². The number of aryl methyl sites for hydroxylation is 2. The van der Waals surface area contributed by atoms with Gasteiger partial charge in [-0.15, -0.1) is 11.8 Å². The molecule has 1 saturated carbocycles. The first-order chi connectivity index (χ1) is 10.0. The molecule has 2 N–H and O–H groups in total. The Balaban J connectivity index is 2.03. The van der Waals surface area contributed by atoms with Crippen molar-refractivity contribution in [2.24, 2.45) is 5.92 Å². The highest BCUT2D eigenvalue weighted by atomic mass is 32.2. The van der Waals surface area contributed by atoms with Gasteiger partial charge in [0, 0.05) is 6.54 Å². The molecule has 1 amide bonds. The van der Waals surface area contributed by atoms with Gasteiger partial charge in [0.05, 0.1) is 17.4 Å². The lowest BCUT2D eigenvalue weighted by atomic mass is 9.87. The fourth-order valence-corrected chi connectivity index (χ4v) is 3.53. The summed E-state index contributed by atoms with van der Waals surface area (Å²) in [6.45, 7) is 4.28. The number of rotatable bonds is 4. The highest BCUT2D eigenvalue weighted by molar-refractivity contribution is 7.98. The van der Waals surface area contributed by atoms with Crippen LogP contribution in [0, 0.1) is 19.8 Å². The van der Waals surface area contributed by atoms with E-state index in [1.165, 1.54) is 11.8 Å². The first-order valence-electron chi connectivity index (χ1n) is 7.36. The van der Waals surface area contributed by atoms with E-state index in [1.807, 2.05) is 20.1 Å². The van der Waals surface area contributed by atoms with Crippen LogP contribution in [0.1, 0.15) is 47.6 Å². The van der Waals surface area contributed by atoms with E-state index < -0.39 is 0 Å². The molecule has 1 aliphatic rings. The Morgan fingerprint density at radius 1 is 1.38 bits per heavy atom. The first kappa shape index (κ1) is 16.2. The molecule has 1 aromatic heterocycles. The smallest absolute Gasteiger partial charge is 0.255 e. The summed E-state index contributed by atoms with van der Waals surface area (Å²) in [5, 5.41) is 13.4. The molecule has 21 heavy (non-hydrogen) atoms. The molecule has 2 rings (SSSR count). The van der Waals surface area contributed by atoms with Gasteiger partial charge in [-0.2, -0.15) is 0 Å². The number of amides is 1. The number of carbonyl (C=O) groups is 1. The van der Waals surface area contributed by atoms with Crippen molar-refractivity contribution >= 4 is 17.7 Å². The van der Waals surface area contributed by atoms with Crippen LogP contribution in [0.15, 0.2) is 5.03 Å². The predicted octanol–water partition coefficient (Wildman–Crippen LogP) is 2.10. The maximum atomic E-state index is 12.4. The van der Waals surface area contributed by atoms with Crippen molar-refractivity contribution in [2.45, 2.75) is 50.7 Å². The van der Waals surface area contributed by atoms with Crippen molar-refractivity contribution in [3.8, 4) is 0 Å². The maximum Gasteiger partial charge on any atom is 0.255 e. The van der Waals surface area contributed by atoms with Gasteiger partial charge in [-0.05, 0) is 45.3 Å². The molecule has 0 aliphatic heterocycles. The van der Waals surface area contributed by atoms with Gasteiger partial charge < -0.3 is 10.4 Å². The third kappa shape index (κ3) is 4.17. The van der Waals surface area contributed by atoms with Crippen molar-refractivity contribution in [1.29, 1.82) is 0 Å². The summed E-state index contributed by atoms with van der Waals surface area (Å²) in [4.78, 5) is 21.0. The zero-order valence-corrected chi connectivity index (χ0v) is 13.7. The molecule has 1 fully saturated rings. The molecule has 1 heterocycles. The van der Waals surface area contributed by atoms with E-state index in [9.17, 15) is 9.90 Å². The van der Waals surface area contributed by atoms with Crippen molar-refractivity contribution in [3.05, 3.63) is 17.1 Å². The number of aliphatic hydroxyl groups excluding tert-OH is 1. The molecule has 2 atom stereocenters. The molecule has 0 aromatic carbocycles. The minimum Gasteiger partial charge on any atom is -0.393 e. The highest BCUT2D eigenvalue weighted by Crippen LogP contribution is 2.24. The largest absolute Gasteiger partial charge is 0.393 e. The SMILES string of the molecule is CSc1nc(C)nc(C)c1C(=O)NCC1CCCC(O)C1. The Morgan fingerprint density at radius 3 is 2.81 bits per heavy atom. The fraction of sp³-hybridized carbons (Fsp3) is 0.667. The number of thioether (sulfide) groups is 1. The van der Waals surface area contributed by atoms with Gasteiger partial charge in [0.2, 0.25) is 0 Å². The van der Waals surface area contributed by atoms with Crippen molar-refractivity contribution < 1.29 is 9.90 Å². The van der Waals surface area contributed by atoms with Crippen LogP contribution < -0.4 is 5.32 Å². The number of hydrogen-bond acceptors (Lipinski definition) is 5. The van der Waals surface area contributed by atoms with E-state index >= 15 is 0 Å². The predicted molar refractivity (Wildman–Crippen MR) is 83.6 cm³/mol. The molecule has 0 saturated heterocycles. The second kappa shape index (κ2) is 7.22. The number of nitrogens with zero attached hydrogens (tertiary/aromatic N) is 2. The number of carbonyl (C=O) groups excluding carboxylic acids is 1. The molecule has 116 valence electrons. The van der Waals surface area contributed by atoms with Gasteiger partial charge in [-0.1, -0.05) is 6.42 Å². The summed E-state index contributed by atoms with van der Waals surface area (Å²) in [6.07, 6.45) is 5.45. The molecule has 0 radical (unpaired) electrons. The van der Waals surface area contributed by atoms with Gasteiger partial charge >= 0.3 is 0 Å². The monoisotopic (exact) mass is 309 g/mol. The fourth-order valence-electron chi connectivity index (χ4n) is 2.86. The van der Waals surface area contributed by atoms with E-state index in [0.29, 0.717) is 29.5 Å². The van der Waals surface area contributed by atoms with Gasteiger partial charge in [-0.3, -0.25) is 4.79 Å².